The van der Waals surface area contributed by atoms with Crippen LogP contribution in [0.2, 0.25) is 0 Å². The van der Waals surface area contributed by atoms with E-state index < -0.39 is 17.3 Å². The van der Waals surface area contributed by atoms with Gasteiger partial charge in [0.15, 0.2) is 0 Å². The Hall–Kier alpha value is -2.57. The fourth-order valence-corrected chi connectivity index (χ4v) is 2.77. The number of rotatable bonds is 5. The second kappa shape index (κ2) is 8.20. The number of benzene rings is 1. The zero-order valence-corrected chi connectivity index (χ0v) is 17.9. The predicted octanol–water partition coefficient (Wildman–Crippen LogP) is 4.68. The van der Waals surface area contributed by atoms with Gasteiger partial charge in [-0.05, 0) is 66.2 Å². The average Bonchev–Trinajstić information content (AvgIpc) is 2.80. The molecular formula is C21H31N3O4. The number of esters is 1. The van der Waals surface area contributed by atoms with Gasteiger partial charge in [-0.15, -0.1) is 0 Å². The number of imidazole rings is 1. The second-order valence-electron chi connectivity index (χ2n) is 8.78. The Balaban J connectivity index is 2.28. The van der Waals surface area contributed by atoms with Crippen LogP contribution >= 0.6 is 0 Å². The normalized spacial score (nSPS) is 12.1. The minimum Gasteiger partial charge on any atom is -0.459 e. The van der Waals surface area contributed by atoms with Crippen molar-refractivity contribution in [3.05, 3.63) is 24.0 Å². The monoisotopic (exact) mass is 389 g/mol. The molecular weight excluding hydrogens is 358 g/mol. The van der Waals surface area contributed by atoms with Crippen molar-refractivity contribution >= 4 is 28.8 Å². The number of carbonyl (C=O) groups excluding carboxylic acids is 2. The summed E-state index contributed by atoms with van der Waals surface area (Å²) >= 11 is 0. The van der Waals surface area contributed by atoms with Crippen LogP contribution in [0, 0.1) is 0 Å². The SMILES string of the molecule is CCCc1nc2cc(NC(=O)OC(C)(C)C)ccc2n1CC(=O)OC(C)(C)C. The maximum atomic E-state index is 12.3. The largest absolute Gasteiger partial charge is 0.459 e. The molecule has 1 aromatic carbocycles. The van der Waals surface area contributed by atoms with Crippen LogP contribution in [0.3, 0.4) is 0 Å². The summed E-state index contributed by atoms with van der Waals surface area (Å²) in [5.74, 6) is 0.512. The van der Waals surface area contributed by atoms with E-state index in [4.69, 9.17) is 9.47 Å². The molecule has 2 rings (SSSR count). The predicted molar refractivity (Wildman–Crippen MR) is 109 cm³/mol. The van der Waals surface area contributed by atoms with Gasteiger partial charge < -0.3 is 14.0 Å². The number of ether oxygens (including phenoxy) is 2. The van der Waals surface area contributed by atoms with Gasteiger partial charge in [-0.1, -0.05) is 6.92 Å². The minimum atomic E-state index is -0.572. The first-order chi connectivity index (χ1) is 12.9. The molecule has 1 amide bonds. The third kappa shape index (κ3) is 6.25. The van der Waals surface area contributed by atoms with E-state index in [-0.39, 0.29) is 12.5 Å². The summed E-state index contributed by atoms with van der Waals surface area (Å²) in [7, 11) is 0. The lowest BCUT2D eigenvalue weighted by molar-refractivity contribution is -0.155. The fourth-order valence-electron chi connectivity index (χ4n) is 2.77. The second-order valence-corrected chi connectivity index (χ2v) is 8.78. The number of anilines is 1. The summed E-state index contributed by atoms with van der Waals surface area (Å²) in [6, 6.07) is 5.40. The van der Waals surface area contributed by atoms with Crippen molar-refractivity contribution in [2.45, 2.75) is 79.1 Å². The quantitative estimate of drug-likeness (QED) is 0.751. The van der Waals surface area contributed by atoms with Gasteiger partial charge in [-0.2, -0.15) is 0 Å². The number of aromatic nitrogens is 2. The van der Waals surface area contributed by atoms with Crippen LogP contribution < -0.4 is 5.32 Å². The Morgan fingerprint density at radius 2 is 1.71 bits per heavy atom. The molecule has 0 saturated heterocycles. The highest BCUT2D eigenvalue weighted by molar-refractivity contribution is 5.89. The Morgan fingerprint density at radius 1 is 1.07 bits per heavy atom. The third-order valence-corrected chi connectivity index (χ3v) is 3.65. The Kier molecular flexibility index (Phi) is 6.37. The van der Waals surface area contributed by atoms with E-state index in [1.807, 2.05) is 52.2 Å². The lowest BCUT2D eigenvalue weighted by Gasteiger charge is -2.20. The van der Waals surface area contributed by atoms with Crippen molar-refractivity contribution in [2.24, 2.45) is 0 Å². The number of nitrogens with one attached hydrogen (secondary N) is 1. The molecule has 0 bridgehead atoms. The summed E-state index contributed by atoms with van der Waals surface area (Å²) in [6.45, 7) is 13.1. The van der Waals surface area contributed by atoms with Crippen LogP contribution in [0.5, 0.6) is 0 Å². The van der Waals surface area contributed by atoms with Crippen LogP contribution in [0.15, 0.2) is 18.2 Å². The van der Waals surface area contributed by atoms with Crippen LogP contribution in [0.25, 0.3) is 11.0 Å². The maximum Gasteiger partial charge on any atom is 0.412 e. The Bertz CT molecular complexity index is 857. The summed E-state index contributed by atoms with van der Waals surface area (Å²) in [4.78, 5) is 29.0. The van der Waals surface area contributed by atoms with Gasteiger partial charge in [-0.3, -0.25) is 10.1 Å². The van der Waals surface area contributed by atoms with E-state index in [1.165, 1.54) is 0 Å². The number of nitrogens with zero attached hydrogens (tertiary/aromatic N) is 2. The molecule has 7 heteroatoms. The van der Waals surface area contributed by atoms with Gasteiger partial charge in [-0.25, -0.2) is 9.78 Å². The molecule has 1 aromatic heterocycles. The minimum absolute atomic E-state index is 0.0992. The molecule has 0 spiro atoms. The van der Waals surface area contributed by atoms with Gasteiger partial charge in [0.05, 0.1) is 11.0 Å². The zero-order chi connectivity index (χ0) is 21.1. The molecule has 0 aliphatic heterocycles. The molecule has 28 heavy (non-hydrogen) atoms. The van der Waals surface area contributed by atoms with Crippen molar-refractivity contribution in [3.63, 3.8) is 0 Å². The molecule has 154 valence electrons. The number of aryl methyl sites for hydroxylation is 1. The number of carbonyl (C=O) groups is 2. The molecule has 0 radical (unpaired) electrons. The van der Waals surface area contributed by atoms with Gasteiger partial charge in [0.25, 0.3) is 0 Å². The summed E-state index contributed by atoms with van der Waals surface area (Å²) in [5, 5.41) is 2.72. The van der Waals surface area contributed by atoms with Crippen molar-refractivity contribution in [1.82, 2.24) is 9.55 Å². The first-order valence-electron chi connectivity index (χ1n) is 9.59. The smallest absolute Gasteiger partial charge is 0.412 e. The number of hydrogen-bond acceptors (Lipinski definition) is 5. The number of hydrogen-bond donors (Lipinski definition) is 1. The molecule has 1 heterocycles. The molecule has 2 aromatic rings. The van der Waals surface area contributed by atoms with Crippen molar-refractivity contribution in [3.8, 4) is 0 Å². The topological polar surface area (TPSA) is 82.5 Å². The number of amides is 1. The highest BCUT2D eigenvalue weighted by Crippen LogP contribution is 2.23. The van der Waals surface area contributed by atoms with E-state index in [1.54, 1.807) is 12.1 Å². The van der Waals surface area contributed by atoms with E-state index in [0.717, 1.165) is 24.2 Å². The first-order valence-corrected chi connectivity index (χ1v) is 9.59. The average molecular weight is 389 g/mol. The van der Waals surface area contributed by atoms with Gasteiger partial charge in [0, 0.05) is 12.1 Å². The highest BCUT2D eigenvalue weighted by atomic mass is 16.6. The van der Waals surface area contributed by atoms with Gasteiger partial charge >= 0.3 is 12.1 Å². The van der Waals surface area contributed by atoms with Crippen LogP contribution in [0.1, 0.15) is 60.7 Å². The Labute approximate surface area is 166 Å². The maximum absolute atomic E-state index is 12.3. The van der Waals surface area contributed by atoms with Gasteiger partial charge in [0.2, 0.25) is 0 Å². The molecule has 0 aliphatic carbocycles. The first kappa shape index (κ1) is 21.7. The van der Waals surface area contributed by atoms with E-state index >= 15 is 0 Å². The lowest BCUT2D eigenvalue weighted by atomic mass is 10.2. The number of fused-ring (bicyclic) bond motifs is 1. The molecule has 1 N–H and O–H groups in total. The molecule has 0 unspecified atom stereocenters. The summed E-state index contributed by atoms with van der Waals surface area (Å²) in [6.07, 6.45) is 1.13. The zero-order valence-electron chi connectivity index (χ0n) is 17.9. The molecule has 0 aliphatic rings. The summed E-state index contributed by atoms with van der Waals surface area (Å²) in [5.41, 5.74) is 1.01. The fraction of sp³-hybridized carbons (Fsp3) is 0.571. The third-order valence-electron chi connectivity index (χ3n) is 3.65. The van der Waals surface area contributed by atoms with Crippen LogP contribution in [-0.4, -0.2) is 32.8 Å². The molecule has 7 nitrogen and oxygen atoms in total. The van der Waals surface area contributed by atoms with E-state index in [2.05, 4.69) is 17.2 Å². The molecule has 0 saturated carbocycles. The van der Waals surface area contributed by atoms with Crippen LogP contribution in [-0.2, 0) is 27.2 Å². The van der Waals surface area contributed by atoms with Crippen molar-refractivity contribution in [1.29, 1.82) is 0 Å². The molecule has 0 fully saturated rings. The molecule has 0 atom stereocenters. The van der Waals surface area contributed by atoms with E-state index in [9.17, 15) is 9.59 Å². The Morgan fingerprint density at radius 3 is 2.29 bits per heavy atom. The van der Waals surface area contributed by atoms with E-state index in [0.29, 0.717) is 11.2 Å². The summed E-state index contributed by atoms with van der Waals surface area (Å²) < 4.78 is 12.6. The lowest BCUT2D eigenvalue weighted by Crippen LogP contribution is -2.27. The van der Waals surface area contributed by atoms with Crippen molar-refractivity contribution < 1.29 is 19.1 Å². The van der Waals surface area contributed by atoms with Gasteiger partial charge in [0.1, 0.15) is 23.6 Å². The highest BCUT2D eigenvalue weighted by Gasteiger charge is 2.20. The standard InChI is InChI=1S/C21H31N3O4/c1-8-9-17-23-15-12-14(22-19(26)28-21(5,6)7)10-11-16(15)24(17)13-18(25)27-20(2,3)4/h10-12H,8-9,13H2,1-7H3,(H,22,26). The van der Waals surface area contributed by atoms with Crippen LogP contribution in [0.4, 0.5) is 10.5 Å². The van der Waals surface area contributed by atoms with Crippen molar-refractivity contribution in [2.75, 3.05) is 5.32 Å².